The molecule has 0 amide bonds. The minimum Gasteiger partial charge on any atom is -0.382 e. The molecule has 1 aromatic heterocycles. The average Bonchev–Trinajstić information content (AvgIpc) is 3.41. The van der Waals surface area contributed by atoms with Gasteiger partial charge in [0, 0.05) is 6.20 Å². The summed E-state index contributed by atoms with van der Waals surface area (Å²) < 4.78 is 2.07. The van der Waals surface area contributed by atoms with Gasteiger partial charge >= 0.3 is 0 Å². The summed E-state index contributed by atoms with van der Waals surface area (Å²) >= 11 is 0. The minimum absolute atomic E-state index is 0.503. The first-order valence-corrected chi connectivity index (χ1v) is 11.1. The van der Waals surface area contributed by atoms with Crippen molar-refractivity contribution in [2.24, 2.45) is 0 Å². The van der Waals surface area contributed by atoms with E-state index in [0.29, 0.717) is 16.8 Å². The van der Waals surface area contributed by atoms with Gasteiger partial charge in [-0.15, -0.1) is 0 Å². The molecule has 1 unspecified atom stereocenters. The summed E-state index contributed by atoms with van der Waals surface area (Å²) in [6, 6.07) is 40.1. The number of benzene rings is 4. The van der Waals surface area contributed by atoms with E-state index < -0.39 is 11.6 Å². The van der Waals surface area contributed by atoms with E-state index in [1.54, 1.807) is 24.5 Å². The number of nitrogens with zero attached hydrogens (tertiary/aromatic N) is 3. The molecule has 0 aliphatic carbocycles. The quantitative estimate of drug-likeness (QED) is 0.345. The van der Waals surface area contributed by atoms with Crippen LogP contribution in [-0.2, 0) is 5.54 Å². The maximum Gasteiger partial charge on any atom is 0.123 e. The third-order valence-corrected chi connectivity index (χ3v) is 6.18. The normalized spacial score (nSPS) is 12.1. The van der Waals surface area contributed by atoms with Crippen LogP contribution < -0.4 is 0 Å². The Bertz CT molecular complexity index is 1320. The SMILES string of the molecule is N#Cc1cccc(C(O)c2cn(C(c3ccccc3)(c3ccccc3)c3ccccc3)cn2)c1. The van der Waals surface area contributed by atoms with Crippen LogP contribution >= 0.6 is 0 Å². The van der Waals surface area contributed by atoms with Gasteiger partial charge in [-0.2, -0.15) is 5.26 Å². The van der Waals surface area contributed by atoms with Crippen LogP contribution in [0.2, 0.25) is 0 Å². The van der Waals surface area contributed by atoms with Gasteiger partial charge in [0.1, 0.15) is 11.6 Å². The van der Waals surface area contributed by atoms with Gasteiger partial charge in [0.15, 0.2) is 0 Å². The lowest BCUT2D eigenvalue weighted by atomic mass is 9.77. The number of imidazole rings is 1. The van der Waals surface area contributed by atoms with Crippen LogP contribution in [0, 0.1) is 11.3 Å². The maximum absolute atomic E-state index is 11.1. The van der Waals surface area contributed by atoms with E-state index in [-0.39, 0.29) is 0 Å². The molecule has 0 spiro atoms. The molecule has 0 fully saturated rings. The zero-order chi connectivity index (χ0) is 23.4. The number of aliphatic hydroxyl groups is 1. The van der Waals surface area contributed by atoms with Gasteiger partial charge in [0.2, 0.25) is 0 Å². The fourth-order valence-corrected chi connectivity index (χ4v) is 4.60. The molecule has 4 nitrogen and oxygen atoms in total. The highest BCUT2D eigenvalue weighted by Gasteiger charge is 2.38. The van der Waals surface area contributed by atoms with Crippen molar-refractivity contribution >= 4 is 0 Å². The monoisotopic (exact) mass is 441 g/mol. The number of hydrogen-bond donors (Lipinski definition) is 1. The van der Waals surface area contributed by atoms with E-state index in [9.17, 15) is 10.4 Å². The Kier molecular flexibility index (Phi) is 5.78. The summed E-state index contributed by atoms with van der Waals surface area (Å²) in [4.78, 5) is 4.62. The number of rotatable bonds is 6. The average molecular weight is 442 g/mol. The molecular weight excluding hydrogens is 418 g/mol. The highest BCUT2D eigenvalue weighted by Crippen LogP contribution is 2.41. The lowest BCUT2D eigenvalue weighted by Gasteiger charge is -2.37. The Hall–Kier alpha value is -4.46. The molecule has 1 heterocycles. The Labute approximate surface area is 199 Å². The van der Waals surface area contributed by atoms with E-state index in [0.717, 1.165) is 16.7 Å². The Morgan fingerprint density at radius 1 is 0.735 bits per heavy atom. The number of aliphatic hydroxyl groups excluding tert-OH is 1. The smallest absolute Gasteiger partial charge is 0.123 e. The van der Waals surface area contributed by atoms with Crippen molar-refractivity contribution in [3.05, 3.63) is 161 Å². The van der Waals surface area contributed by atoms with E-state index in [4.69, 9.17) is 0 Å². The molecule has 0 saturated heterocycles. The second-order valence-corrected chi connectivity index (χ2v) is 8.15. The van der Waals surface area contributed by atoms with Gasteiger partial charge in [0.25, 0.3) is 0 Å². The second kappa shape index (κ2) is 9.19. The molecule has 0 aliphatic heterocycles. The van der Waals surface area contributed by atoms with Gasteiger partial charge in [-0.25, -0.2) is 4.98 Å². The molecule has 5 rings (SSSR count). The first-order chi connectivity index (χ1) is 16.7. The van der Waals surface area contributed by atoms with E-state index in [1.165, 1.54) is 0 Å². The Morgan fingerprint density at radius 2 is 1.26 bits per heavy atom. The van der Waals surface area contributed by atoms with Crippen LogP contribution in [0.1, 0.15) is 39.6 Å². The van der Waals surface area contributed by atoms with Crippen LogP contribution in [-0.4, -0.2) is 14.7 Å². The van der Waals surface area contributed by atoms with Gasteiger partial charge in [-0.05, 0) is 34.4 Å². The number of hydrogen-bond acceptors (Lipinski definition) is 3. The highest BCUT2D eigenvalue weighted by atomic mass is 16.3. The van der Waals surface area contributed by atoms with Gasteiger partial charge in [-0.3, -0.25) is 0 Å². The molecule has 4 heteroatoms. The molecule has 5 aromatic rings. The molecule has 1 atom stereocenters. The van der Waals surface area contributed by atoms with Crippen molar-refractivity contribution in [1.29, 1.82) is 5.26 Å². The summed E-state index contributed by atoms with van der Waals surface area (Å²) in [6.07, 6.45) is 2.73. The number of aromatic nitrogens is 2. The molecule has 0 radical (unpaired) electrons. The van der Waals surface area contributed by atoms with Crippen molar-refractivity contribution in [3.8, 4) is 6.07 Å². The van der Waals surface area contributed by atoms with Crippen molar-refractivity contribution in [2.45, 2.75) is 11.6 Å². The number of nitriles is 1. The van der Waals surface area contributed by atoms with Crippen molar-refractivity contribution in [1.82, 2.24) is 9.55 Å². The molecular formula is C30H23N3O. The van der Waals surface area contributed by atoms with Crippen LogP contribution in [0.15, 0.2) is 128 Å². The Balaban J connectivity index is 1.73. The first kappa shape index (κ1) is 21.4. The zero-order valence-corrected chi connectivity index (χ0v) is 18.5. The fourth-order valence-electron chi connectivity index (χ4n) is 4.60. The molecule has 0 saturated carbocycles. The summed E-state index contributed by atoms with van der Waals surface area (Å²) in [5.41, 5.74) is 4.20. The summed E-state index contributed by atoms with van der Waals surface area (Å²) in [5.74, 6) is 0. The largest absolute Gasteiger partial charge is 0.382 e. The molecule has 0 bridgehead atoms. The third-order valence-electron chi connectivity index (χ3n) is 6.18. The lowest BCUT2D eigenvalue weighted by Crippen LogP contribution is -2.37. The van der Waals surface area contributed by atoms with Crippen LogP contribution in [0.3, 0.4) is 0 Å². The van der Waals surface area contributed by atoms with Crippen molar-refractivity contribution in [2.75, 3.05) is 0 Å². The third kappa shape index (κ3) is 3.69. The van der Waals surface area contributed by atoms with Crippen molar-refractivity contribution < 1.29 is 5.11 Å². The van der Waals surface area contributed by atoms with E-state index in [2.05, 4.69) is 52.0 Å². The molecule has 4 aromatic carbocycles. The molecule has 164 valence electrons. The zero-order valence-electron chi connectivity index (χ0n) is 18.5. The lowest BCUT2D eigenvalue weighted by molar-refractivity contribution is 0.215. The Morgan fingerprint density at radius 3 is 1.76 bits per heavy atom. The van der Waals surface area contributed by atoms with Crippen molar-refractivity contribution in [3.63, 3.8) is 0 Å². The summed E-state index contributed by atoms with van der Waals surface area (Å²) in [7, 11) is 0. The van der Waals surface area contributed by atoms with Crippen LogP contribution in [0.4, 0.5) is 0 Å². The minimum atomic E-state index is -0.949. The van der Waals surface area contributed by atoms with Crippen LogP contribution in [0.25, 0.3) is 0 Å². The van der Waals surface area contributed by atoms with Gasteiger partial charge in [-0.1, -0.05) is 103 Å². The fraction of sp³-hybridized carbons (Fsp3) is 0.0667. The van der Waals surface area contributed by atoms with E-state index in [1.807, 2.05) is 66.9 Å². The van der Waals surface area contributed by atoms with Gasteiger partial charge < -0.3 is 9.67 Å². The second-order valence-electron chi connectivity index (χ2n) is 8.15. The molecule has 0 aliphatic rings. The highest BCUT2D eigenvalue weighted by molar-refractivity contribution is 5.51. The summed E-state index contributed by atoms with van der Waals surface area (Å²) in [6.45, 7) is 0. The predicted molar refractivity (Wildman–Crippen MR) is 132 cm³/mol. The molecule has 1 N–H and O–H groups in total. The van der Waals surface area contributed by atoms with Crippen LogP contribution in [0.5, 0.6) is 0 Å². The van der Waals surface area contributed by atoms with E-state index >= 15 is 0 Å². The maximum atomic E-state index is 11.1. The molecule has 34 heavy (non-hydrogen) atoms. The first-order valence-electron chi connectivity index (χ1n) is 11.1. The standard InChI is InChI=1S/C30H23N3O/c31-20-23-11-10-12-24(19-23)29(34)28-21-33(22-32-28)30(25-13-4-1-5-14-25,26-15-6-2-7-16-26)27-17-8-3-9-18-27/h1-19,21-22,29,34H. The topological polar surface area (TPSA) is 61.8 Å². The van der Waals surface area contributed by atoms with Gasteiger partial charge in [0.05, 0.1) is 23.7 Å². The summed E-state index contributed by atoms with van der Waals surface area (Å²) in [5, 5.41) is 20.4. The predicted octanol–water partition coefficient (Wildman–Crippen LogP) is 5.68.